The molecule has 150 valence electrons. The Balaban J connectivity index is 1.67. The molecule has 0 bridgehead atoms. The predicted octanol–water partition coefficient (Wildman–Crippen LogP) is 6.52. The topological polar surface area (TPSA) is 42.0 Å². The van der Waals surface area contributed by atoms with Crippen LogP contribution in [0.5, 0.6) is 0 Å². The minimum atomic E-state index is -0.0918. The largest absolute Gasteiger partial charge is 0.345 e. The van der Waals surface area contributed by atoms with Crippen molar-refractivity contribution in [2.24, 2.45) is 0 Å². The second-order valence-electron chi connectivity index (χ2n) is 7.95. The van der Waals surface area contributed by atoms with Crippen LogP contribution in [0.1, 0.15) is 54.2 Å². The van der Waals surface area contributed by atoms with Crippen molar-refractivity contribution in [2.75, 3.05) is 0 Å². The summed E-state index contributed by atoms with van der Waals surface area (Å²) in [5, 5.41) is 4.02. The Labute approximate surface area is 177 Å². The lowest BCUT2D eigenvalue weighted by atomic mass is 9.99. The van der Waals surface area contributed by atoms with Crippen LogP contribution in [0.3, 0.4) is 0 Å². The van der Waals surface area contributed by atoms with Crippen molar-refractivity contribution in [3.63, 3.8) is 0 Å². The standard InChI is InChI=1S/C27H26N2O/c1-18(2)20-13-15-21(16-14-20)19(3)28-27(30)24-17-26(22-9-5-4-6-10-22)29-25-12-8-7-11-23(24)25/h4-19H,1-3H3,(H,28,30). The Morgan fingerprint density at radius 2 is 1.43 bits per heavy atom. The van der Waals surface area contributed by atoms with E-state index in [0.29, 0.717) is 11.5 Å². The molecular formula is C27H26N2O. The SMILES string of the molecule is CC(C)c1ccc(C(C)NC(=O)c2cc(-c3ccccc3)nc3ccccc23)cc1. The molecule has 4 aromatic rings. The second kappa shape index (κ2) is 8.50. The Bertz CT molecular complexity index is 1160. The molecule has 0 radical (unpaired) electrons. The molecule has 0 aliphatic carbocycles. The number of fused-ring (bicyclic) bond motifs is 1. The Kier molecular flexibility index (Phi) is 5.62. The normalized spacial score (nSPS) is 12.1. The number of aromatic nitrogens is 1. The number of benzene rings is 3. The van der Waals surface area contributed by atoms with E-state index in [-0.39, 0.29) is 11.9 Å². The van der Waals surface area contributed by atoms with Gasteiger partial charge in [0.25, 0.3) is 5.91 Å². The van der Waals surface area contributed by atoms with Crippen LogP contribution in [0.2, 0.25) is 0 Å². The van der Waals surface area contributed by atoms with Crippen molar-refractivity contribution in [2.45, 2.75) is 32.7 Å². The fourth-order valence-corrected chi connectivity index (χ4v) is 3.65. The van der Waals surface area contributed by atoms with Crippen LogP contribution in [-0.4, -0.2) is 10.9 Å². The van der Waals surface area contributed by atoms with E-state index in [0.717, 1.165) is 27.7 Å². The van der Waals surface area contributed by atoms with Gasteiger partial charge in [-0.05, 0) is 36.1 Å². The molecule has 1 heterocycles. The van der Waals surface area contributed by atoms with Crippen LogP contribution in [0.25, 0.3) is 22.2 Å². The van der Waals surface area contributed by atoms with Crippen LogP contribution in [0.4, 0.5) is 0 Å². The second-order valence-corrected chi connectivity index (χ2v) is 7.95. The van der Waals surface area contributed by atoms with E-state index >= 15 is 0 Å². The van der Waals surface area contributed by atoms with Gasteiger partial charge in [0.05, 0.1) is 22.8 Å². The van der Waals surface area contributed by atoms with Gasteiger partial charge in [-0.25, -0.2) is 4.98 Å². The minimum absolute atomic E-state index is 0.0915. The molecule has 0 aliphatic rings. The van der Waals surface area contributed by atoms with Gasteiger partial charge in [0.15, 0.2) is 0 Å². The van der Waals surface area contributed by atoms with Gasteiger partial charge in [-0.1, -0.05) is 86.6 Å². The molecule has 0 saturated carbocycles. The molecular weight excluding hydrogens is 368 g/mol. The summed E-state index contributed by atoms with van der Waals surface area (Å²) >= 11 is 0. The number of nitrogens with one attached hydrogen (secondary N) is 1. The van der Waals surface area contributed by atoms with Crippen LogP contribution in [0, 0.1) is 0 Å². The third kappa shape index (κ3) is 4.11. The van der Waals surface area contributed by atoms with Crippen molar-refractivity contribution in [1.82, 2.24) is 10.3 Å². The number of pyridine rings is 1. The molecule has 0 fully saturated rings. The first-order valence-electron chi connectivity index (χ1n) is 10.4. The summed E-state index contributed by atoms with van der Waals surface area (Å²) in [6.07, 6.45) is 0. The number of nitrogens with zero attached hydrogens (tertiary/aromatic N) is 1. The summed E-state index contributed by atoms with van der Waals surface area (Å²) in [4.78, 5) is 18.0. The van der Waals surface area contributed by atoms with Crippen LogP contribution >= 0.6 is 0 Å². The van der Waals surface area contributed by atoms with Crippen LogP contribution in [0.15, 0.2) is 84.9 Å². The highest BCUT2D eigenvalue weighted by Gasteiger charge is 2.16. The number of rotatable bonds is 5. The quantitative estimate of drug-likeness (QED) is 0.419. The molecule has 1 N–H and O–H groups in total. The van der Waals surface area contributed by atoms with Gasteiger partial charge < -0.3 is 5.32 Å². The van der Waals surface area contributed by atoms with E-state index in [4.69, 9.17) is 4.98 Å². The van der Waals surface area contributed by atoms with Crippen molar-refractivity contribution in [3.05, 3.63) is 102 Å². The summed E-state index contributed by atoms with van der Waals surface area (Å²) in [6, 6.07) is 28.0. The van der Waals surface area contributed by atoms with Crippen molar-refractivity contribution < 1.29 is 4.79 Å². The summed E-state index contributed by atoms with van der Waals surface area (Å²) in [6.45, 7) is 6.38. The molecule has 3 nitrogen and oxygen atoms in total. The lowest BCUT2D eigenvalue weighted by Crippen LogP contribution is -2.27. The summed E-state index contributed by atoms with van der Waals surface area (Å²) in [7, 11) is 0. The highest BCUT2D eigenvalue weighted by molar-refractivity contribution is 6.07. The summed E-state index contributed by atoms with van der Waals surface area (Å²) < 4.78 is 0. The van der Waals surface area contributed by atoms with Crippen LogP contribution < -0.4 is 5.32 Å². The van der Waals surface area contributed by atoms with Gasteiger partial charge in [0.2, 0.25) is 0 Å². The lowest BCUT2D eigenvalue weighted by molar-refractivity contribution is 0.0941. The van der Waals surface area contributed by atoms with Gasteiger partial charge >= 0.3 is 0 Å². The third-order valence-electron chi connectivity index (χ3n) is 5.48. The zero-order valence-corrected chi connectivity index (χ0v) is 17.6. The van der Waals surface area contributed by atoms with Crippen molar-refractivity contribution in [3.8, 4) is 11.3 Å². The molecule has 0 spiro atoms. The smallest absolute Gasteiger partial charge is 0.252 e. The van der Waals surface area contributed by atoms with Gasteiger partial charge in [-0.3, -0.25) is 4.79 Å². The van der Waals surface area contributed by atoms with Crippen molar-refractivity contribution in [1.29, 1.82) is 0 Å². The Morgan fingerprint density at radius 1 is 0.800 bits per heavy atom. The van der Waals surface area contributed by atoms with E-state index in [1.54, 1.807) is 0 Å². The molecule has 1 amide bonds. The average Bonchev–Trinajstić information content (AvgIpc) is 2.78. The lowest BCUT2D eigenvalue weighted by Gasteiger charge is -2.17. The zero-order chi connectivity index (χ0) is 21.1. The molecule has 3 aromatic carbocycles. The number of hydrogen-bond acceptors (Lipinski definition) is 2. The Morgan fingerprint density at radius 3 is 2.13 bits per heavy atom. The van der Waals surface area contributed by atoms with Gasteiger partial charge in [0, 0.05) is 10.9 Å². The zero-order valence-electron chi connectivity index (χ0n) is 17.6. The van der Waals surface area contributed by atoms with E-state index in [2.05, 4.69) is 43.4 Å². The van der Waals surface area contributed by atoms with Gasteiger partial charge in [0.1, 0.15) is 0 Å². The van der Waals surface area contributed by atoms with E-state index in [1.165, 1.54) is 5.56 Å². The van der Waals surface area contributed by atoms with Crippen LogP contribution in [-0.2, 0) is 0 Å². The van der Waals surface area contributed by atoms with Crippen molar-refractivity contribution >= 4 is 16.8 Å². The molecule has 3 heteroatoms. The van der Waals surface area contributed by atoms with E-state index in [1.807, 2.05) is 67.6 Å². The number of amides is 1. The molecule has 1 unspecified atom stereocenters. The number of carbonyl (C=O) groups is 1. The average molecular weight is 395 g/mol. The maximum Gasteiger partial charge on any atom is 0.252 e. The fraction of sp³-hybridized carbons (Fsp3) is 0.185. The fourth-order valence-electron chi connectivity index (χ4n) is 3.65. The van der Waals surface area contributed by atoms with Gasteiger partial charge in [-0.2, -0.15) is 0 Å². The maximum absolute atomic E-state index is 13.3. The minimum Gasteiger partial charge on any atom is -0.345 e. The number of para-hydroxylation sites is 1. The molecule has 4 rings (SSSR count). The maximum atomic E-state index is 13.3. The predicted molar refractivity (Wildman–Crippen MR) is 124 cm³/mol. The molecule has 1 atom stereocenters. The molecule has 1 aromatic heterocycles. The summed E-state index contributed by atoms with van der Waals surface area (Å²) in [5.74, 6) is 0.398. The Hall–Kier alpha value is -3.46. The molecule has 0 aliphatic heterocycles. The van der Waals surface area contributed by atoms with E-state index in [9.17, 15) is 4.79 Å². The number of hydrogen-bond donors (Lipinski definition) is 1. The first kappa shape index (κ1) is 19.8. The highest BCUT2D eigenvalue weighted by atomic mass is 16.1. The third-order valence-corrected chi connectivity index (χ3v) is 5.48. The first-order chi connectivity index (χ1) is 14.5. The first-order valence-corrected chi connectivity index (χ1v) is 10.4. The van der Waals surface area contributed by atoms with Gasteiger partial charge in [-0.15, -0.1) is 0 Å². The monoisotopic (exact) mass is 394 g/mol. The molecule has 0 saturated heterocycles. The number of carbonyl (C=O) groups excluding carboxylic acids is 1. The molecule has 30 heavy (non-hydrogen) atoms. The summed E-state index contributed by atoms with van der Waals surface area (Å²) in [5.41, 5.74) is 5.64. The highest BCUT2D eigenvalue weighted by Crippen LogP contribution is 2.26. The van der Waals surface area contributed by atoms with E-state index < -0.39 is 0 Å².